The summed E-state index contributed by atoms with van der Waals surface area (Å²) in [6.07, 6.45) is 8.66. The summed E-state index contributed by atoms with van der Waals surface area (Å²) >= 11 is 0. The standard InChI is InChI=1S/C27H54/c1-12-14-24-15-25(16-24)17-26(18(3)4)21(7)20(6)23(9)27(10,11)22(8)19(5)13-2/h18-26H,12-17H2,1-11H3. The molecule has 0 saturated heterocycles. The zero-order valence-corrected chi connectivity index (χ0v) is 20.9. The second-order valence-electron chi connectivity index (χ2n) is 11.6. The molecule has 27 heavy (non-hydrogen) atoms. The van der Waals surface area contributed by atoms with Gasteiger partial charge in [0.15, 0.2) is 0 Å². The lowest BCUT2D eigenvalue weighted by Crippen LogP contribution is -2.40. The van der Waals surface area contributed by atoms with E-state index in [-0.39, 0.29) is 0 Å². The third-order valence-electron chi connectivity index (χ3n) is 9.63. The van der Waals surface area contributed by atoms with E-state index in [9.17, 15) is 0 Å². The zero-order chi connectivity index (χ0) is 20.9. The molecule has 0 nitrogen and oxygen atoms in total. The van der Waals surface area contributed by atoms with Crippen molar-refractivity contribution in [2.24, 2.45) is 58.7 Å². The van der Waals surface area contributed by atoms with Crippen LogP contribution in [0.1, 0.15) is 115 Å². The van der Waals surface area contributed by atoms with Gasteiger partial charge in [0, 0.05) is 0 Å². The normalized spacial score (nSPS) is 27.6. The van der Waals surface area contributed by atoms with E-state index in [0.717, 1.165) is 53.3 Å². The van der Waals surface area contributed by atoms with E-state index in [2.05, 4.69) is 76.2 Å². The Bertz CT molecular complexity index is 400. The van der Waals surface area contributed by atoms with Crippen LogP contribution < -0.4 is 0 Å². The summed E-state index contributed by atoms with van der Waals surface area (Å²) in [6.45, 7) is 27.4. The second kappa shape index (κ2) is 10.7. The molecule has 1 aliphatic carbocycles. The molecule has 0 aromatic carbocycles. The Morgan fingerprint density at radius 3 is 1.78 bits per heavy atom. The van der Waals surface area contributed by atoms with E-state index in [1.54, 1.807) is 0 Å². The van der Waals surface area contributed by atoms with Crippen LogP contribution in [0.3, 0.4) is 0 Å². The summed E-state index contributed by atoms with van der Waals surface area (Å²) < 4.78 is 0. The first-order valence-electron chi connectivity index (χ1n) is 12.5. The summed E-state index contributed by atoms with van der Waals surface area (Å²) in [5.41, 5.74) is 0.410. The lowest BCUT2D eigenvalue weighted by atomic mass is 9.58. The van der Waals surface area contributed by atoms with Gasteiger partial charge in [0.05, 0.1) is 0 Å². The SMILES string of the molecule is CCCC1CC(CC(C(C)C)C(C)C(C)C(C)C(C)(C)C(C)C(C)CC)C1. The predicted octanol–water partition coefficient (Wildman–Crippen LogP) is 9.09. The van der Waals surface area contributed by atoms with Gasteiger partial charge in [-0.25, -0.2) is 0 Å². The van der Waals surface area contributed by atoms with E-state index in [1.165, 1.54) is 38.5 Å². The van der Waals surface area contributed by atoms with E-state index in [1.807, 2.05) is 0 Å². The lowest BCUT2D eigenvalue weighted by Gasteiger charge is -2.47. The minimum atomic E-state index is 0.410. The van der Waals surface area contributed by atoms with Gasteiger partial charge >= 0.3 is 0 Å². The van der Waals surface area contributed by atoms with Crippen molar-refractivity contribution in [1.29, 1.82) is 0 Å². The molecule has 1 aliphatic rings. The fourth-order valence-electron chi connectivity index (χ4n) is 6.21. The molecule has 6 atom stereocenters. The van der Waals surface area contributed by atoms with Crippen LogP contribution in [-0.4, -0.2) is 0 Å². The highest BCUT2D eigenvalue weighted by atomic mass is 14.5. The van der Waals surface area contributed by atoms with E-state index < -0.39 is 0 Å². The number of hydrogen-bond acceptors (Lipinski definition) is 0. The van der Waals surface area contributed by atoms with Crippen molar-refractivity contribution in [1.82, 2.24) is 0 Å². The molecule has 1 rings (SSSR count). The summed E-state index contributed by atoms with van der Waals surface area (Å²) in [7, 11) is 0. The number of rotatable bonds is 12. The van der Waals surface area contributed by atoms with Gasteiger partial charge in [-0.3, -0.25) is 0 Å². The minimum absolute atomic E-state index is 0.410. The molecule has 0 radical (unpaired) electrons. The third-order valence-corrected chi connectivity index (χ3v) is 9.63. The van der Waals surface area contributed by atoms with Gasteiger partial charge in [0.1, 0.15) is 0 Å². The molecular formula is C27H54. The third kappa shape index (κ3) is 6.24. The van der Waals surface area contributed by atoms with Crippen LogP contribution >= 0.6 is 0 Å². The van der Waals surface area contributed by atoms with Crippen LogP contribution in [0.5, 0.6) is 0 Å². The van der Waals surface area contributed by atoms with Crippen molar-refractivity contribution >= 4 is 0 Å². The Kier molecular flexibility index (Phi) is 9.91. The molecule has 0 aromatic heterocycles. The van der Waals surface area contributed by atoms with Crippen molar-refractivity contribution < 1.29 is 0 Å². The molecule has 0 aliphatic heterocycles. The van der Waals surface area contributed by atoms with Crippen LogP contribution in [0.4, 0.5) is 0 Å². The molecule has 0 aromatic rings. The van der Waals surface area contributed by atoms with Gasteiger partial charge in [-0.1, -0.05) is 95.4 Å². The highest BCUT2D eigenvalue weighted by molar-refractivity contribution is 4.90. The second-order valence-corrected chi connectivity index (χ2v) is 11.6. The van der Waals surface area contributed by atoms with Crippen molar-refractivity contribution in [3.05, 3.63) is 0 Å². The fourth-order valence-corrected chi connectivity index (χ4v) is 6.21. The molecule has 0 bridgehead atoms. The predicted molar refractivity (Wildman–Crippen MR) is 124 cm³/mol. The molecule has 0 N–H and O–H groups in total. The molecule has 0 heterocycles. The van der Waals surface area contributed by atoms with Crippen LogP contribution in [0.15, 0.2) is 0 Å². The van der Waals surface area contributed by atoms with Crippen molar-refractivity contribution in [3.8, 4) is 0 Å². The van der Waals surface area contributed by atoms with Crippen LogP contribution in [-0.2, 0) is 0 Å². The maximum Gasteiger partial charge on any atom is -0.0298 e. The van der Waals surface area contributed by atoms with E-state index >= 15 is 0 Å². The summed E-state index contributed by atoms with van der Waals surface area (Å²) in [6, 6.07) is 0. The highest BCUT2D eigenvalue weighted by Gasteiger charge is 2.41. The first kappa shape index (κ1) is 25.0. The van der Waals surface area contributed by atoms with Crippen molar-refractivity contribution in [3.63, 3.8) is 0 Å². The largest absolute Gasteiger partial charge is 0.0654 e. The summed E-state index contributed by atoms with van der Waals surface area (Å²) in [5.74, 6) is 7.77. The Labute approximate surface area is 173 Å². The van der Waals surface area contributed by atoms with Crippen molar-refractivity contribution in [2.45, 2.75) is 115 Å². The Morgan fingerprint density at radius 2 is 1.33 bits per heavy atom. The van der Waals surface area contributed by atoms with Crippen LogP contribution in [0.25, 0.3) is 0 Å². The Morgan fingerprint density at radius 1 is 0.778 bits per heavy atom. The lowest BCUT2D eigenvalue weighted by molar-refractivity contribution is 0.0170. The Balaban J connectivity index is 2.75. The fraction of sp³-hybridized carbons (Fsp3) is 1.00. The Hall–Kier alpha value is 0. The molecule has 6 unspecified atom stereocenters. The van der Waals surface area contributed by atoms with E-state index in [0.29, 0.717) is 5.41 Å². The van der Waals surface area contributed by atoms with Crippen LogP contribution in [0.2, 0.25) is 0 Å². The zero-order valence-electron chi connectivity index (χ0n) is 20.9. The highest BCUT2D eigenvalue weighted by Crippen LogP contribution is 2.49. The molecule has 162 valence electrons. The van der Waals surface area contributed by atoms with Gasteiger partial charge in [0.2, 0.25) is 0 Å². The average Bonchev–Trinajstić information content (AvgIpc) is 2.59. The maximum atomic E-state index is 2.58. The van der Waals surface area contributed by atoms with Gasteiger partial charge in [-0.05, 0) is 77.9 Å². The summed E-state index contributed by atoms with van der Waals surface area (Å²) in [5, 5.41) is 0. The molecule has 0 amide bonds. The first-order valence-corrected chi connectivity index (χ1v) is 12.5. The van der Waals surface area contributed by atoms with Gasteiger partial charge in [0.25, 0.3) is 0 Å². The average molecular weight is 379 g/mol. The molecule has 1 saturated carbocycles. The topological polar surface area (TPSA) is 0 Å². The quantitative estimate of drug-likeness (QED) is 0.317. The van der Waals surface area contributed by atoms with Crippen molar-refractivity contribution in [2.75, 3.05) is 0 Å². The maximum absolute atomic E-state index is 2.58. The molecule has 0 spiro atoms. The van der Waals surface area contributed by atoms with Gasteiger partial charge < -0.3 is 0 Å². The minimum Gasteiger partial charge on any atom is -0.0654 e. The van der Waals surface area contributed by atoms with E-state index in [4.69, 9.17) is 0 Å². The van der Waals surface area contributed by atoms with Gasteiger partial charge in [-0.15, -0.1) is 0 Å². The summed E-state index contributed by atoms with van der Waals surface area (Å²) in [4.78, 5) is 0. The number of hydrogen-bond donors (Lipinski definition) is 0. The molecule has 1 fully saturated rings. The monoisotopic (exact) mass is 378 g/mol. The van der Waals surface area contributed by atoms with Gasteiger partial charge in [-0.2, -0.15) is 0 Å². The molecule has 0 heteroatoms. The molecular weight excluding hydrogens is 324 g/mol. The van der Waals surface area contributed by atoms with Crippen LogP contribution in [0, 0.1) is 58.7 Å². The smallest absolute Gasteiger partial charge is 0.0298 e. The first-order chi connectivity index (χ1) is 12.5.